The van der Waals surface area contributed by atoms with Crippen molar-refractivity contribution < 1.29 is 18.3 Å². The molecule has 17 heavy (non-hydrogen) atoms. The minimum Gasteiger partial charge on any atom is -0.480 e. The van der Waals surface area contributed by atoms with Gasteiger partial charge in [-0.2, -0.15) is 17.4 Å². The number of nitrogens with zero attached hydrogens (tertiary/aromatic N) is 1. The van der Waals surface area contributed by atoms with E-state index in [-0.39, 0.29) is 5.92 Å². The van der Waals surface area contributed by atoms with E-state index in [1.54, 1.807) is 0 Å². The van der Waals surface area contributed by atoms with Crippen LogP contribution in [0.5, 0.6) is 0 Å². The molecule has 0 aromatic rings. The van der Waals surface area contributed by atoms with Crippen molar-refractivity contribution in [2.24, 2.45) is 5.92 Å². The molecule has 0 aliphatic carbocycles. The van der Waals surface area contributed by atoms with Crippen molar-refractivity contribution in [2.75, 3.05) is 13.1 Å². The minimum atomic E-state index is -3.65. The Bertz CT molecular complexity index is 361. The third-order valence-corrected chi connectivity index (χ3v) is 4.33. The number of carbonyl (C=O) groups is 1. The summed E-state index contributed by atoms with van der Waals surface area (Å²) < 4.78 is 27.3. The molecule has 0 spiro atoms. The molecule has 1 rings (SSSR count). The van der Waals surface area contributed by atoms with Crippen molar-refractivity contribution in [1.29, 1.82) is 0 Å². The highest BCUT2D eigenvalue weighted by Gasteiger charge is 2.30. The molecule has 1 saturated heterocycles. The van der Waals surface area contributed by atoms with Gasteiger partial charge in [-0.3, -0.25) is 4.79 Å². The maximum atomic E-state index is 11.9. The lowest BCUT2D eigenvalue weighted by atomic mass is 10.1. The lowest BCUT2D eigenvalue weighted by Crippen LogP contribution is -2.47. The lowest BCUT2D eigenvalue weighted by Gasteiger charge is -2.21. The number of carboxylic acids is 1. The molecule has 0 aromatic heterocycles. The standard InChI is InChI=1S/C10H20N2O4S/c1-8(2)7-9(10(13)14)11-17(15,16)12-5-3-4-6-12/h8-9,11H,3-7H2,1-2H3,(H,13,14). The summed E-state index contributed by atoms with van der Waals surface area (Å²) in [6.07, 6.45) is 1.97. The Morgan fingerprint density at radius 3 is 2.29 bits per heavy atom. The van der Waals surface area contributed by atoms with Crippen LogP contribution in [-0.4, -0.2) is 42.9 Å². The highest BCUT2D eigenvalue weighted by Crippen LogP contribution is 2.13. The van der Waals surface area contributed by atoms with Crippen molar-refractivity contribution in [2.45, 2.75) is 39.2 Å². The first-order valence-corrected chi connectivity index (χ1v) is 7.27. The third-order valence-electron chi connectivity index (χ3n) is 2.70. The largest absolute Gasteiger partial charge is 0.480 e. The van der Waals surface area contributed by atoms with Gasteiger partial charge < -0.3 is 5.11 Å². The molecular formula is C10H20N2O4S. The maximum Gasteiger partial charge on any atom is 0.321 e. The van der Waals surface area contributed by atoms with Gasteiger partial charge in [0.25, 0.3) is 10.2 Å². The molecule has 0 amide bonds. The van der Waals surface area contributed by atoms with Crippen LogP contribution in [-0.2, 0) is 15.0 Å². The van der Waals surface area contributed by atoms with Crippen LogP contribution in [0.4, 0.5) is 0 Å². The van der Waals surface area contributed by atoms with Gasteiger partial charge in [-0.05, 0) is 25.2 Å². The Hall–Kier alpha value is -0.660. The van der Waals surface area contributed by atoms with E-state index in [0.29, 0.717) is 19.5 Å². The number of rotatable bonds is 6. The molecular weight excluding hydrogens is 244 g/mol. The highest BCUT2D eigenvalue weighted by molar-refractivity contribution is 7.87. The molecule has 1 atom stereocenters. The molecule has 0 saturated carbocycles. The molecule has 0 bridgehead atoms. The lowest BCUT2D eigenvalue weighted by molar-refractivity contribution is -0.139. The normalized spacial score (nSPS) is 19.7. The Balaban J connectivity index is 2.68. The van der Waals surface area contributed by atoms with E-state index in [9.17, 15) is 13.2 Å². The number of nitrogens with one attached hydrogen (secondary N) is 1. The van der Waals surface area contributed by atoms with Crippen LogP contribution in [0.15, 0.2) is 0 Å². The molecule has 1 aliphatic rings. The first kappa shape index (κ1) is 14.4. The first-order valence-electron chi connectivity index (χ1n) is 5.83. The fraction of sp³-hybridized carbons (Fsp3) is 0.900. The van der Waals surface area contributed by atoms with Gasteiger partial charge in [-0.25, -0.2) is 0 Å². The summed E-state index contributed by atoms with van der Waals surface area (Å²) in [6.45, 7) is 4.67. The molecule has 7 heteroatoms. The Kier molecular flexibility index (Phi) is 4.91. The summed E-state index contributed by atoms with van der Waals surface area (Å²) in [5.41, 5.74) is 0. The molecule has 1 heterocycles. The van der Waals surface area contributed by atoms with Gasteiger partial charge >= 0.3 is 5.97 Å². The monoisotopic (exact) mass is 264 g/mol. The molecule has 6 nitrogen and oxygen atoms in total. The minimum absolute atomic E-state index is 0.123. The average Bonchev–Trinajstić information content (AvgIpc) is 2.68. The van der Waals surface area contributed by atoms with Crippen molar-refractivity contribution in [3.05, 3.63) is 0 Å². The predicted octanol–water partition coefficient (Wildman–Crippen LogP) is 0.416. The quantitative estimate of drug-likeness (QED) is 0.727. The summed E-state index contributed by atoms with van der Waals surface area (Å²) in [5, 5.41) is 8.98. The molecule has 0 radical (unpaired) electrons. The fourth-order valence-electron chi connectivity index (χ4n) is 1.85. The zero-order chi connectivity index (χ0) is 13.1. The molecule has 1 unspecified atom stereocenters. The van der Waals surface area contributed by atoms with Gasteiger partial charge in [0.05, 0.1) is 0 Å². The van der Waals surface area contributed by atoms with Crippen LogP contribution in [0.1, 0.15) is 33.1 Å². The second-order valence-electron chi connectivity index (χ2n) is 4.75. The zero-order valence-corrected chi connectivity index (χ0v) is 11.0. The van der Waals surface area contributed by atoms with Crippen molar-refractivity contribution in [1.82, 2.24) is 9.03 Å². The van der Waals surface area contributed by atoms with Crippen LogP contribution in [0, 0.1) is 5.92 Å². The van der Waals surface area contributed by atoms with Crippen LogP contribution < -0.4 is 4.72 Å². The Labute approximate surface area is 102 Å². The summed E-state index contributed by atoms with van der Waals surface area (Å²) in [7, 11) is -3.65. The predicted molar refractivity (Wildman–Crippen MR) is 63.7 cm³/mol. The van der Waals surface area contributed by atoms with Crippen LogP contribution in [0.2, 0.25) is 0 Å². The van der Waals surface area contributed by atoms with E-state index >= 15 is 0 Å². The number of hydrogen-bond acceptors (Lipinski definition) is 3. The van der Waals surface area contributed by atoms with Crippen LogP contribution in [0.25, 0.3) is 0 Å². The van der Waals surface area contributed by atoms with E-state index < -0.39 is 22.2 Å². The van der Waals surface area contributed by atoms with Crippen molar-refractivity contribution in [3.63, 3.8) is 0 Å². The third kappa shape index (κ3) is 4.25. The van der Waals surface area contributed by atoms with Crippen molar-refractivity contribution >= 4 is 16.2 Å². The van der Waals surface area contributed by atoms with Gasteiger partial charge in [-0.1, -0.05) is 13.8 Å². The Morgan fingerprint density at radius 1 is 1.35 bits per heavy atom. The van der Waals surface area contributed by atoms with E-state index in [4.69, 9.17) is 5.11 Å². The topological polar surface area (TPSA) is 86.7 Å². The molecule has 1 fully saturated rings. The first-order chi connectivity index (χ1) is 7.83. The van der Waals surface area contributed by atoms with Gasteiger partial charge in [0, 0.05) is 13.1 Å². The molecule has 0 aromatic carbocycles. The van der Waals surface area contributed by atoms with Gasteiger partial charge in [0.2, 0.25) is 0 Å². The number of carboxylic acid groups (broad SMARTS) is 1. The highest BCUT2D eigenvalue weighted by atomic mass is 32.2. The van der Waals surface area contributed by atoms with Crippen LogP contribution >= 0.6 is 0 Å². The van der Waals surface area contributed by atoms with E-state index in [1.165, 1.54) is 4.31 Å². The van der Waals surface area contributed by atoms with Gasteiger partial charge in [-0.15, -0.1) is 0 Å². The molecule has 1 aliphatic heterocycles. The molecule has 100 valence electrons. The fourth-order valence-corrected chi connectivity index (χ4v) is 3.30. The summed E-state index contributed by atoms with van der Waals surface area (Å²) in [6, 6.07) is -1.04. The second kappa shape index (κ2) is 5.79. The average molecular weight is 264 g/mol. The van der Waals surface area contributed by atoms with Gasteiger partial charge in [0.15, 0.2) is 0 Å². The summed E-state index contributed by atoms with van der Waals surface area (Å²) in [5.74, 6) is -1.00. The summed E-state index contributed by atoms with van der Waals surface area (Å²) in [4.78, 5) is 11.0. The SMILES string of the molecule is CC(C)CC(NS(=O)(=O)N1CCCC1)C(=O)O. The van der Waals surface area contributed by atoms with Crippen LogP contribution in [0.3, 0.4) is 0 Å². The maximum absolute atomic E-state index is 11.9. The van der Waals surface area contributed by atoms with E-state index in [0.717, 1.165) is 12.8 Å². The van der Waals surface area contributed by atoms with Gasteiger partial charge in [0.1, 0.15) is 6.04 Å². The smallest absolute Gasteiger partial charge is 0.321 e. The Morgan fingerprint density at radius 2 is 1.88 bits per heavy atom. The molecule has 2 N–H and O–H groups in total. The zero-order valence-electron chi connectivity index (χ0n) is 10.2. The second-order valence-corrected chi connectivity index (χ2v) is 6.45. The van der Waals surface area contributed by atoms with Crippen molar-refractivity contribution in [3.8, 4) is 0 Å². The summed E-state index contributed by atoms with van der Waals surface area (Å²) >= 11 is 0. The van der Waals surface area contributed by atoms with E-state index in [2.05, 4.69) is 4.72 Å². The number of hydrogen-bond donors (Lipinski definition) is 2. The number of aliphatic carboxylic acids is 1. The van der Waals surface area contributed by atoms with E-state index in [1.807, 2.05) is 13.8 Å².